The van der Waals surface area contributed by atoms with Crippen molar-refractivity contribution in [2.45, 2.75) is 17.7 Å². The summed E-state index contributed by atoms with van der Waals surface area (Å²) in [5.41, 5.74) is 0. The Morgan fingerprint density at radius 3 is 2.90 bits per heavy atom. The van der Waals surface area contributed by atoms with Crippen LogP contribution in [0.2, 0.25) is 0 Å². The van der Waals surface area contributed by atoms with Gasteiger partial charge in [0, 0.05) is 18.5 Å². The molecule has 0 aliphatic carbocycles. The van der Waals surface area contributed by atoms with E-state index in [4.69, 9.17) is 0 Å². The molecular formula is C13H21N3O3S2. The number of piperidine rings is 1. The number of rotatable bonds is 5. The van der Waals surface area contributed by atoms with Gasteiger partial charge in [-0.15, -0.1) is 11.3 Å². The van der Waals surface area contributed by atoms with Crippen LogP contribution in [0, 0.1) is 5.92 Å². The molecule has 6 nitrogen and oxygen atoms in total. The first kappa shape index (κ1) is 16.4. The quantitative estimate of drug-likeness (QED) is 0.834. The highest BCUT2D eigenvalue weighted by atomic mass is 32.2. The third-order valence-electron chi connectivity index (χ3n) is 3.66. The summed E-state index contributed by atoms with van der Waals surface area (Å²) in [6.45, 7) is 2.37. The number of amides is 1. The number of nitrogens with one attached hydrogen (secondary N) is 2. The summed E-state index contributed by atoms with van der Waals surface area (Å²) >= 11 is 1.18. The van der Waals surface area contributed by atoms with Crippen molar-refractivity contribution in [2.75, 3.05) is 33.7 Å². The lowest BCUT2D eigenvalue weighted by atomic mass is 9.98. The van der Waals surface area contributed by atoms with E-state index >= 15 is 0 Å². The normalized spacial score (nSPS) is 19.7. The number of sulfonamides is 1. The van der Waals surface area contributed by atoms with Gasteiger partial charge >= 0.3 is 0 Å². The van der Waals surface area contributed by atoms with Gasteiger partial charge in [0.1, 0.15) is 0 Å². The molecular weight excluding hydrogens is 310 g/mol. The molecule has 1 saturated heterocycles. The first-order valence-electron chi connectivity index (χ1n) is 6.94. The zero-order valence-corrected chi connectivity index (χ0v) is 13.9. The zero-order chi connectivity index (χ0) is 15.5. The van der Waals surface area contributed by atoms with Crippen molar-refractivity contribution in [1.82, 2.24) is 14.9 Å². The van der Waals surface area contributed by atoms with E-state index < -0.39 is 10.0 Å². The molecule has 21 heavy (non-hydrogen) atoms. The van der Waals surface area contributed by atoms with Crippen molar-refractivity contribution < 1.29 is 13.2 Å². The van der Waals surface area contributed by atoms with E-state index in [1.54, 1.807) is 0 Å². The standard InChI is InChI=1S/C13H21N3O3S2/c1-14-7-10-4-3-5-16(8-10)13(17)12-6-11(9-20-12)21(18,19)15-2/h6,9-10,14-15H,3-5,7-8H2,1-2H3/t10-/m0/s1. The van der Waals surface area contributed by atoms with Crippen molar-refractivity contribution in [1.29, 1.82) is 0 Å². The maximum Gasteiger partial charge on any atom is 0.263 e. The molecule has 1 aliphatic rings. The van der Waals surface area contributed by atoms with Crippen molar-refractivity contribution in [3.05, 3.63) is 16.3 Å². The number of carbonyl (C=O) groups excluding carboxylic acids is 1. The highest BCUT2D eigenvalue weighted by Crippen LogP contribution is 2.23. The van der Waals surface area contributed by atoms with E-state index in [-0.39, 0.29) is 10.8 Å². The SMILES string of the molecule is CNC[C@@H]1CCCN(C(=O)c2cc(S(=O)(=O)NC)cs2)C1. The molecule has 8 heteroatoms. The molecule has 2 rings (SSSR count). The van der Waals surface area contributed by atoms with E-state index in [2.05, 4.69) is 10.0 Å². The van der Waals surface area contributed by atoms with E-state index in [1.807, 2.05) is 11.9 Å². The van der Waals surface area contributed by atoms with Crippen LogP contribution in [0.5, 0.6) is 0 Å². The number of nitrogens with zero attached hydrogens (tertiary/aromatic N) is 1. The van der Waals surface area contributed by atoms with E-state index in [0.717, 1.165) is 32.5 Å². The van der Waals surface area contributed by atoms with E-state index in [9.17, 15) is 13.2 Å². The highest BCUT2D eigenvalue weighted by Gasteiger charge is 2.26. The Hall–Kier alpha value is -0.960. The van der Waals surface area contributed by atoms with Gasteiger partial charge in [-0.3, -0.25) is 4.79 Å². The van der Waals surface area contributed by atoms with E-state index in [0.29, 0.717) is 10.8 Å². The molecule has 0 radical (unpaired) electrons. The van der Waals surface area contributed by atoms with Gasteiger partial charge in [0.2, 0.25) is 10.0 Å². The Morgan fingerprint density at radius 1 is 1.48 bits per heavy atom. The molecule has 1 aromatic rings. The second-order valence-electron chi connectivity index (χ2n) is 5.17. The monoisotopic (exact) mass is 331 g/mol. The Bertz CT molecular complexity index is 596. The Balaban J connectivity index is 2.10. The first-order chi connectivity index (χ1) is 9.97. The minimum absolute atomic E-state index is 0.0710. The summed E-state index contributed by atoms with van der Waals surface area (Å²) < 4.78 is 25.7. The van der Waals surface area contributed by atoms with Gasteiger partial charge in [-0.05, 0) is 45.5 Å². The maximum atomic E-state index is 12.5. The van der Waals surface area contributed by atoms with Gasteiger partial charge in [-0.1, -0.05) is 0 Å². The van der Waals surface area contributed by atoms with Gasteiger partial charge in [0.25, 0.3) is 5.91 Å². The third-order valence-corrected chi connectivity index (χ3v) is 6.13. The fraction of sp³-hybridized carbons (Fsp3) is 0.615. The summed E-state index contributed by atoms with van der Waals surface area (Å²) in [6, 6.07) is 1.46. The first-order valence-corrected chi connectivity index (χ1v) is 9.30. The van der Waals surface area contributed by atoms with Gasteiger partial charge in [-0.2, -0.15) is 0 Å². The Morgan fingerprint density at radius 2 is 2.24 bits per heavy atom. The lowest BCUT2D eigenvalue weighted by Crippen LogP contribution is -2.42. The molecule has 0 saturated carbocycles. The van der Waals surface area contributed by atoms with Crippen molar-refractivity contribution in [3.8, 4) is 0 Å². The van der Waals surface area contributed by atoms with Crippen LogP contribution in [0.25, 0.3) is 0 Å². The molecule has 1 aromatic heterocycles. The van der Waals surface area contributed by atoms with Gasteiger partial charge in [0.05, 0.1) is 9.77 Å². The molecule has 1 atom stereocenters. The van der Waals surface area contributed by atoms with Crippen LogP contribution < -0.4 is 10.0 Å². The second kappa shape index (κ2) is 6.87. The number of carbonyl (C=O) groups is 1. The highest BCUT2D eigenvalue weighted by molar-refractivity contribution is 7.89. The summed E-state index contributed by atoms with van der Waals surface area (Å²) in [5, 5.41) is 4.65. The molecule has 1 fully saturated rings. The van der Waals surface area contributed by atoms with Gasteiger partial charge < -0.3 is 10.2 Å². The predicted molar refractivity (Wildman–Crippen MR) is 83.1 cm³/mol. The predicted octanol–water partition coefficient (Wildman–Crippen LogP) is 0.728. The van der Waals surface area contributed by atoms with Crippen LogP contribution in [-0.4, -0.2) is 53.0 Å². The van der Waals surface area contributed by atoms with Crippen molar-refractivity contribution in [2.24, 2.45) is 5.92 Å². The number of hydrogen-bond acceptors (Lipinski definition) is 5. The fourth-order valence-corrected chi connectivity index (χ4v) is 4.52. The number of hydrogen-bond donors (Lipinski definition) is 2. The fourth-order valence-electron chi connectivity index (χ4n) is 2.55. The van der Waals surface area contributed by atoms with Crippen molar-refractivity contribution >= 4 is 27.3 Å². The van der Waals surface area contributed by atoms with Crippen LogP contribution in [-0.2, 0) is 10.0 Å². The van der Waals surface area contributed by atoms with Crippen LogP contribution >= 0.6 is 11.3 Å². The average molecular weight is 331 g/mol. The molecule has 0 unspecified atom stereocenters. The maximum absolute atomic E-state index is 12.5. The van der Waals surface area contributed by atoms with Crippen LogP contribution in [0.1, 0.15) is 22.5 Å². The second-order valence-corrected chi connectivity index (χ2v) is 7.97. The topological polar surface area (TPSA) is 78.5 Å². The summed E-state index contributed by atoms with van der Waals surface area (Å²) in [6.07, 6.45) is 2.11. The van der Waals surface area contributed by atoms with Crippen LogP contribution in [0.4, 0.5) is 0 Å². The number of thiophene rings is 1. The van der Waals surface area contributed by atoms with Crippen LogP contribution in [0.15, 0.2) is 16.3 Å². The minimum Gasteiger partial charge on any atom is -0.338 e. The van der Waals surface area contributed by atoms with Gasteiger partial charge in [0.15, 0.2) is 0 Å². The van der Waals surface area contributed by atoms with Gasteiger partial charge in [-0.25, -0.2) is 13.1 Å². The zero-order valence-electron chi connectivity index (χ0n) is 12.3. The largest absolute Gasteiger partial charge is 0.338 e. The summed E-state index contributed by atoms with van der Waals surface area (Å²) in [7, 11) is -0.207. The lowest BCUT2D eigenvalue weighted by Gasteiger charge is -2.32. The molecule has 2 heterocycles. The van der Waals surface area contributed by atoms with Crippen molar-refractivity contribution in [3.63, 3.8) is 0 Å². The third kappa shape index (κ3) is 3.82. The average Bonchev–Trinajstić information content (AvgIpc) is 2.98. The molecule has 0 spiro atoms. The molecule has 118 valence electrons. The summed E-state index contributed by atoms with van der Waals surface area (Å²) in [4.78, 5) is 14.9. The molecule has 1 aliphatic heterocycles. The molecule has 1 amide bonds. The summed E-state index contributed by atoms with van der Waals surface area (Å²) in [5.74, 6) is 0.395. The molecule has 0 aromatic carbocycles. The minimum atomic E-state index is -3.48. The molecule has 0 bridgehead atoms. The van der Waals surface area contributed by atoms with Crippen LogP contribution in [0.3, 0.4) is 0 Å². The number of likely N-dealkylation sites (tertiary alicyclic amines) is 1. The smallest absolute Gasteiger partial charge is 0.263 e. The molecule has 2 N–H and O–H groups in total. The van der Waals surface area contributed by atoms with E-state index in [1.165, 1.54) is 29.8 Å². The lowest BCUT2D eigenvalue weighted by molar-refractivity contribution is 0.0679. The Kier molecular flexibility index (Phi) is 5.37. The Labute approximate surface area is 129 Å².